The highest BCUT2D eigenvalue weighted by Gasteiger charge is 2.34. The van der Waals surface area contributed by atoms with Crippen LogP contribution in [0.5, 0.6) is 0 Å². The van der Waals surface area contributed by atoms with Gasteiger partial charge in [-0.1, -0.05) is 6.92 Å². The number of hydrogen-bond donors (Lipinski definition) is 1. The van der Waals surface area contributed by atoms with Crippen molar-refractivity contribution < 1.29 is 4.79 Å². The van der Waals surface area contributed by atoms with Crippen molar-refractivity contribution in [2.75, 3.05) is 39.0 Å². The maximum atomic E-state index is 12.4. The number of nitrogens with one attached hydrogen (secondary N) is 1. The van der Waals surface area contributed by atoms with Crippen molar-refractivity contribution in [1.29, 1.82) is 0 Å². The number of hydrogen-bond acceptors (Lipinski definition) is 5. The molecule has 20 heavy (non-hydrogen) atoms. The molecule has 1 aromatic heterocycles. The van der Waals surface area contributed by atoms with Crippen LogP contribution in [0.3, 0.4) is 0 Å². The second-order valence-corrected chi connectivity index (χ2v) is 5.55. The molecule has 1 N–H and O–H groups in total. The van der Waals surface area contributed by atoms with E-state index in [0.717, 1.165) is 19.6 Å². The first-order valence-electron chi connectivity index (χ1n) is 7.06. The number of likely N-dealkylation sites (N-methyl/N-ethyl adjacent to an activating group) is 1. The molecule has 1 fully saturated rings. The fourth-order valence-electron chi connectivity index (χ4n) is 2.67. The number of amides is 1. The molecule has 6 nitrogen and oxygen atoms in total. The van der Waals surface area contributed by atoms with E-state index in [4.69, 9.17) is 0 Å². The highest BCUT2D eigenvalue weighted by atomic mass is 16.2. The quantitative estimate of drug-likeness (QED) is 0.887. The molecule has 0 aromatic carbocycles. The molecular weight excluding hydrogens is 254 g/mol. The molecule has 2 atom stereocenters. The van der Waals surface area contributed by atoms with Crippen LogP contribution in [-0.4, -0.2) is 65.7 Å². The van der Waals surface area contributed by atoms with Crippen LogP contribution in [0, 0.1) is 5.92 Å². The Labute approximate surface area is 120 Å². The number of nitrogens with zero attached hydrogens (tertiary/aromatic N) is 4. The van der Waals surface area contributed by atoms with Gasteiger partial charge in [-0.15, -0.1) is 10.2 Å². The minimum Gasteiger partial charge on any atom is -0.369 e. The van der Waals surface area contributed by atoms with E-state index in [0.29, 0.717) is 23.5 Å². The van der Waals surface area contributed by atoms with Crippen molar-refractivity contribution in [2.24, 2.45) is 5.92 Å². The molecule has 1 aliphatic rings. The fourth-order valence-corrected chi connectivity index (χ4v) is 2.67. The van der Waals surface area contributed by atoms with E-state index in [2.05, 4.69) is 41.4 Å². The number of carbonyl (C=O) groups excluding carboxylic acids is 1. The van der Waals surface area contributed by atoms with Gasteiger partial charge in [0, 0.05) is 25.7 Å². The normalized spacial score (nSPS) is 22.4. The summed E-state index contributed by atoms with van der Waals surface area (Å²) >= 11 is 0. The number of rotatable bonds is 4. The van der Waals surface area contributed by atoms with E-state index in [1.165, 1.54) is 0 Å². The molecule has 110 valence electrons. The number of likely N-dealkylation sites (tertiary alicyclic amines) is 1. The van der Waals surface area contributed by atoms with Crippen LogP contribution >= 0.6 is 0 Å². The Morgan fingerprint density at radius 3 is 2.65 bits per heavy atom. The zero-order valence-electron chi connectivity index (χ0n) is 12.6. The third-order valence-electron chi connectivity index (χ3n) is 3.76. The molecule has 6 heteroatoms. The van der Waals surface area contributed by atoms with E-state index < -0.39 is 0 Å². The topological polar surface area (TPSA) is 61.4 Å². The first-order chi connectivity index (χ1) is 9.52. The first kappa shape index (κ1) is 14.7. The summed E-state index contributed by atoms with van der Waals surface area (Å²) < 4.78 is 0. The Bertz CT molecular complexity index is 459. The largest absolute Gasteiger partial charge is 0.369 e. The Morgan fingerprint density at radius 2 is 2.15 bits per heavy atom. The third kappa shape index (κ3) is 3.07. The van der Waals surface area contributed by atoms with Crippen LogP contribution in [-0.2, 0) is 0 Å². The van der Waals surface area contributed by atoms with Gasteiger partial charge >= 0.3 is 0 Å². The van der Waals surface area contributed by atoms with Gasteiger partial charge in [0.25, 0.3) is 5.91 Å². The molecule has 1 saturated heterocycles. The molecule has 0 bridgehead atoms. The molecule has 0 aliphatic carbocycles. The van der Waals surface area contributed by atoms with Gasteiger partial charge in [-0.25, -0.2) is 0 Å². The highest BCUT2D eigenvalue weighted by Crippen LogP contribution is 2.21. The zero-order chi connectivity index (χ0) is 14.7. The van der Waals surface area contributed by atoms with Crippen molar-refractivity contribution in [1.82, 2.24) is 20.0 Å². The molecular formula is C14H23N5O. The second kappa shape index (κ2) is 6.17. The SMILES string of the molecule is CCNc1ccc(C(=O)N2CC(C)C(N(C)C)C2)nn1. The maximum Gasteiger partial charge on any atom is 0.274 e. The third-order valence-corrected chi connectivity index (χ3v) is 3.76. The number of carbonyl (C=O) groups is 1. The van der Waals surface area contributed by atoms with Crippen molar-refractivity contribution in [3.63, 3.8) is 0 Å². The van der Waals surface area contributed by atoms with Crippen LogP contribution in [0.15, 0.2) is 12.1 Å². The van der Waals surface area contributed by atoms with E-state index >= 15 is 0 Å². The van der Waals surface area contributed by atoms with Crippen LogP contribution in [0.1, 0.15) is 24.3 Å². The molecule has 2 unspecified atom stereocenters. The summed E-state index contributed by atoms with van der Waals surface area (Å²) in [6, 6.07) is 3.95. The molecule has 0 saturated carbocycles. The summed E-state index contributed by atoms with van der Waals surface area (Å²) in [4.78, 5) is 16.5. The van der Waals surface area contributed by atoms with E-state index in [-0.39, 0.29) is 5.91 Å². The Balaban J connectivity index is 2.04. The van der Waals surface area contributed by atoms with Crippen molar-refractivity contribution in [3.05, 3.63) is 17.8 Å². The summed E-state index contributed by atoms with van der Waals surface area (Å²) in [5, 5.41) is 11.1. The van der Waals surface area contributed by atoms with Gasteiger partial charge in [0.05, 0.1) is 0 Å². The minimum atomic E-state index is -0.0308. The van der Waals surface area contributed by atoms with Gasteiger partial charge in [0.2, 0.25) is 0 Å². The summed E-state index contributed by atoms with van der Waals surface area (Å²) in [5.41, 5.74) is 0.415. The standard InChI is InChI=1S/C14H23N5O/c1-5-15-13-7-6-11(16-17-13)14(20)19-8-10(2)12(9-19)18(3)4/h6-7,10,12H,5,8-9H2,1-4H3,(H,15,17). The average molecular weight is 277 g/mol. The van der Waals surface area contributed by atoms with Crippen molar-refractivity contribution >= 4 is 11.7 Å². The van der Waals surface area contributed by atoms with Crippen molar-refractivity contribution in [3.8, 4) is 0 Å². The summed E-state index contributed by atoms with van der Waals surface area (Å²) in [5.74, 6) is 1.14. The smallest absolute Gasteiger partial charge is 0.274 e. The lowest BCUT2D eigenvalue weighted by Crippen LogP contribution is -2.36. The predicted molar refractivity (Wildman–Crippen MR) is 78.7 cm³/mol. The van der Waals surface area contributed by atoms with E-state index in [9.17, 15) is 4.79 Å². The molecule has 1 aliphatic heterocycles. The molecule has 2 heterocycles. The van der Waals surface area contributed by atoms with Gasteiger partial charge in [-0.2, -0.15) is 0 Å². The lowest BCUT2D eigenvalue weighted by molar-refractivity contribution is 0.0774. The van der Waals surface area contributed by atoms with Crippen LogP contribution in [0.4, 0.5) is 5.82 Å². The van der Waals surface area contributed by atoms with E-state index in [1.807, 2.05) is 11.8 Å². The summed E-state index contributed by atoms with van der Waals surface area (Å²) in [6.07, 6.45) is 0. The second-order valence-electron chi connectivity index (χ2n) is 5.55. The first-order valence-corrected chi connectivity index (χ1v) is 7.06. The highest BCUT2D eigenvalue weighted by molar-refractivity contribution is 5.92. The molecule has 1 amide bonds. The Kier molecular flexibility index (Phi) is 4.54. The van der Waals surface area contributed by atoms with Gasteiger partial charge < -0.3 is 15.1 Å². The maximum absolute atomic E-state index is 12.4. The van der Waals surface area contributed by atoms with Gasteiger partial charge in [0.15, 0.2) is 5.69 Å². The van der Waals surface area contributed by atoms with Gasteiger partial charge in [-0.3, -0.25) is 4.79 Å². The molecule has 1 aromatic rings. The predicted octanol–water partition coefficient (Wildman–Crippen LogP) is 0.930. The Hall–Kier alpha value is -1.69. The lowest BCUT2D eigenvalue weighted by atomic mass is 10.1. The molecule has 0 radical (unpaired) electrons. The van der Waals surface area contributed by atoms with Crippen LogP contribution < -0.4 is 5.32 Å². The van der Waals surface area contributed by atoms with Crippen molar-refractivity contribution in [2.45, 2.75) is 19.9 Å². The average Bonchev–Trinajstić information content (AvgIpc) is 2.81. The minimum absolute atomic E-state index is 0.0308. The Morgan fingerprint density at radius 1 is 1.40 bits per heavy atom. The monoisotopic (exact) mass is 277 g/mol. The van der Waals surface area contributed by atoms with Gasteiger partial charge in [-0.05, 0) is 39.1 Å². The van der Waals surface area contributed by atoms with E-state index in [1.54, 1.807) is 12.1 Å². The zero-order valence-corrected chi connectivity index (χ0v) is 12.6. The summed E-state index contributed by atoms with van der Waals surface area (Å²) in [6.45, 7) is 6.49. The fraction of sp³-hybridized carbons (Fsp3) is 0.643. The van der Waals surface area contributed by atoms with Gasteiger partial charge in [0.1, 0.15) is 5.82 Å². The number of aromatic nitrogens is 2. The number of anilines is 1. The van der Waals surface area contributed by atoms with Crippen LogP contribution in [0.2, 0.25) is 0 Å². The molecule has 2 rings (SSSR count). The summed E-state index contributed by atoms with van der Waals surface area (Å²) in [7, 11) is 4.11. The lowest BCUT2D eigenvalue weighted by Gasteiger charge is -2.22. The molecule has 0 spiro atoms. The van der Waals surface area contributed by atoms with Crippen LogP contribution in [0.25, 0.3) is 0 Å².